The summed E-state index contributed by atoms with van der Waals surface area (Å²) >= 11 is 1.76. The van der Waals surface area contributed by atoms with Gasteiger partial charge in [0.2, 0.25) is 0 Å². The number of aryl methyl sites for hydroxylation is 1. The molecular formula is C9H16N2OS. The number of aromatic nitrogens is 2. The van der Waals surface area contributed by atoms with Gasteiger partial charge in [-0.2, -0.15) is 11.8 Å². The van der Waals surface area contributed by atoms with Crippen molar-refractivity contribution in [2.75, 3.05) is 11.5 Å². The zero-order chi connectivity index (χ0) is 9.68. The molecule has 3 nitrogen and oxygen atoms in total. The maximum absolute atomic E-state index is 9.60. The van der Waals surface area contributed by atoms with E-state index in [1.54, 1.807) is 18.0 Å². The van der Waals surface area contributed by atoms with E-state index in [2.05, 4.69) is 11.9 Å². The van der Waals surface area contributed by atoms with Crippen molar-refractivity contribution < 1.29 is 5.11 Å². The third-order valence-electron chi connectivity index (χ3n) is 1.85. The highest BCUT2D eigenvalue weighted by atomic mass is 32.2. The molecule has 1 atom stereocenters. The summed E-state index contributed by atoms with van der Waals surface area (Å²) < 4.78 is 1.94. The van der Waals surface area contributed by atoms with Gasteiger partial charge in [0.15, 0.2) is 0 Å². The lowest BCUT2D eigenvalue weighted by molar-refractivity contribution is 0.196. The molecule has 0 aliphatic rings. The average molecular weight is 200 g/mol. The lowest BCUT2D eigenvalue weighted by atomic mass is 10.3. The zero-order valence-electron chi connectivity index (χ0n) is 8.10. The van der Waals surface area contributed by atoms with Crippen LogP contribution in [-0.2, 0) is 13.5 Å². The molecule has 13 heavy (non-hydrogen) atoms. The van der Waals surface area contributed by atoms with Crippen LogP contribution in [0.2, 0.25) is 0 Å². The first-order valence-electron chi connectivity index (χ1n) is 4.46. The first-order chi connectivity index (χ1) is 6.24. The minimum absolute atomic E-state index is 0.272. The fourth-order valence-corrected chi connectivity index (χ4v) is 1.74. The van der Waals surface area contributed by atoms with Crippen LogP contribution in [0.15, 0.2) is 12.4 Å². The number of thioether (sulfide) groups is 1. The number of hydrogen-bond acceptors (Lipinski definition) is 3. The number of hydrogen-bond donors (Lipinski definition) is 1. The van der Waals surface area contributed by atoms with E-state index in [0.29, 0.717) is 6.42 Å². The van der Waals surface area contributed by atoms with E-state index in [0.717, 1.165) is 17.3 Å². The van der Waals surface area contributed by atoms with Crippen LogP contribution < -0.4 is 0 Å². The molecule has 1 aromatic heterocycles. The number of rotatable bonds is 5. The Labute approximate surface area is 83.2 Å². The van der Waals surface area contributed by atoms with Crippen molar-refractivity contribution in [2.24, 2.45) is 7.05 Å². The predicted octanol–water partition coefficient (Wildman–Crippen LogP) is 1.08. The van der Waals surface area contributed by atoms with Gasteiger partial charge in [0.05, 0.1) is 6.10 Å². The first kappa shape index (κ1) is 10.6. The predicted molar refractivity (Wildman–Crippen MR) is 55.9 cm³/mol. The number of aliphatic hydroxyl groups is 1. The molecule has 0 radical (unpaired) electrons. The summed E-state index contributed by atoms with van der Waals surface area (Å²) in [4.78, 5) is 4.16. The molecule has 0 amide bonds. The molecule has 1 rings (SSSR count). The van der Waals surface area contributed by atoms with E-state index in [9.17, 15) is 5.11 Å². The Bertz CT molecular complexity index is 250. The van der Waals surface area contributed by atoms with Crippen molar-refractivity contribution in [3.63, 3.8) is 0 Å². The highest BCUT2D eigenvalue weighted by molar-refractivity contribution is 7.99. The number of aliphatic hydroxyl groups excluding tert-OH is 1. The lowest BCUT2D eigenvalue weighted by Gasteiger charge is -2.08. The third kappa shape index (κ3) is 3.40. The summed E-state index contributed by atoms with van der Waals surface area (Å²) in [6.45, 7) is 2.10. The summed E-state index contributed by atoms with van der Waals surface area (Å²) in [5.41, 5.74) is 0. The van der Waals surface area contributed by atoms with Crippen molar-refractivity contribution in [3.05, 3.63) is 18.2 Å². The minimum Gasteiger partial charge on any atom is -0.392 e. The molecule has 0 aliphatic carbocycles. The highest BCUT2D eigenvalue weighted by Crippen LogP contribution is 2.06. The van der Waals surface area contributed by atoms with Crippen molar-refractivity contribution in [1.82, 2.24) is 9.55 Å². The van der Waals surface area contributed by atoms with Gasteiger partial charge in [0, 0.05) is 31.6 Å². The molecule has 0 aliphatic heterocycles. The molecule has 0 saturated heterocycles. The second-order valence-corrected chi connectivity index (χ2v) is 4.29. The molecule has 1 heterocycles. The summed E-state index contributed by atoms with van der Waals surface area (Å²) in [5.74, 6) is 2.80. The van der Waals surface area contributed by atoms with Crippen LogP contribution in [-0.4, -0.2) is 32.3 Å². The normalized spacial score (nSPS) is 13.2. The fraction of sp³-hybridized carbons (Fsp3) is 0.667. The fourth-order valence-electron chi connectivity index (χ4n) is 1.12. The van der Waals surface area contributed by atoms with Gasteiger partial charge >= 0.3 is 0 Å². The van der Waals surface area contributed by atoms with E-state index in [-0.39, 0.29) is 6.10 Å². The molecule has 0 bridgehead atoms. The van der Waals surface area contributed by atoms with Crippen LogP contribution in [0.3, 0.4) is 0 Å². The lowest BCUT2D eigenvalue weighted by Crippen LogP contribution is -2.16. The second kappa shape index (κ2) is 5.29. The standard InChI is InChI=1S/C9H16N2OS/c1-3-13-7-8(12)6-9-10-4-5-11(9)2/h4-5,8,12H,3,6-7H2,1-2H3. The Morgan fingerprint density at radius 3 is 3.00 bits per heavy atom. The Morgan fingerprint density at radius 1 is 1.69 bits per heavy atom. The Hall–Kier alpha value is -0.480. The van der Waals surface area contributed by atoms with Gasteiger partial charge in [-0.05, 0) is 5.75 Å². The van der Waals surface area contributed by atoms with E-state index in [4.69, 9.17) is 0 Å². The second-order valence-electron chi connectivity index (χ2n) is 2.97. The van der Waals surface area contributed by atoms with E-state index >= 15 is 0 Å². The largest absolute Gasteiger partial charge is 0.392 e. The van der Waals surface area contributed by atoms with Gasteiger partial charge in [0.1, 0.15) is 5.82 Å². The quantitative estimate of drug-likeness (QED) is 0.773. The summed E-state index contributed by atoms with van der Waals surface area (Å²) in [6, 6.07) is 0. The maximum atomic E-state index is 9.60. The Morgan fingerprint density at radius 2 is 2.46 bits per heavy atom. The number of nitrogens with zero attached hydrogens (tertiary/aromatic N) is 2. The molecule has 1 aromatic rings. The Kier molecular flexibility index (Phi) is 4.32. The Balaban J connectivity index is 2.36. The molecule has 1 N–H and O–H groups in total. The van der Waals surface area contributed by atoms with E-state index in [1.165, 1.54) is 0 Å². The van der Waals surface area contributed by atoms with Crippen molar-refractivity contribution in [1.29, 1.82) is 0 Å². The smallest absolute Gasteiger partial charge is 0.110 e. The van der Waals surface area contributed by atoms with Crippen LogP contribution in [0.4, 0.5) is 0 Å². The summed E-state index contributed by atoms with van der Waals surface area (Å²) in [5, 5.41) is 9.60. The average Bonchev–Trinajstić information content (AvgIpc) is 2.48. The monoisotopic (exact) mass is 200 g/mol. The molecular weight excluding hydrogens is 184 g/mol. The molecule has 0 spiro atoms. The molecule has 74 valence electrons. The van der Waals surface area contributed by atoms with Gasteiger partial charge in [-0.1, -0.05) is 6.92 Å². The third-order valence-corrected chi connectivity index (χ3v) is 2.88. The van der Waals surface area contributed by atoms with Crippen LogP contribution in [0.25, 0.3) is 0 Å². The van der Waals surface area contributed by atoms with E-state index in [1.807, 2.05) is 17.8 Å². The highest BCUT2D eigenvalue weighted by Gasteiger charge is 2.08. The maximum Gasteiger partial charge on any atom is 0.110 e. The first-order valence-corrected chi connectivity index (χ1v) is 5.61. The van der Waals surface area contributed by atoms with Crippen molar-refractivity contribution in [3.8, 4) is 0 Å². The SMILES string of the molecule is CCSCC(O)Cc1nccn1C. The molecule has 0 saturated carbocycles. The number of imidazole rings is 1. The molecule has 4 heteroatoms. The van der Waals surface area contributed by atoms with Gasteiger partial charge in [0.25, 0.3) is 0 Å². The molecule has 1 unspecified atom stereocenters. The van der Waals surface area contributed by atoms with Crippen LogP contribution in [0, 0.1) is 0 Å². The van der Waals surface area contributed by atoms with Crippen LogP contribution >= 0.6 is 11.8 Å². The van der Waals surface area contributed by atoms with Crippen LogP contribution in [0.1, 0.15) is 12.7 Å². The summed E-state index contributed by atoms with van der Waals surface area (Å²) in [7, 11) is 1.95. The van der Waals surface area contributed by atoms with Gasteiger partial charge in [-0.3, -0.25) is 0 Å². The van der Waals surface area contributed by atoms with Gasteiger partial charge in [-0.25, -0.2) is 4.98 Å². The molecule has 0 fully saturated rings. The zero-order valence-corrected chi connectivity index (χ0v) is 8.92. The van der Waals surface area contributed by atoms with Gasteiger partial charge < -0.3 is 9.67 Å². The minimum atomic E-state index is -0.272. The van der Waals surface area contributed by atoms with Crippen molar-refractivity contribution in [2.45, 2.75) is 19.4 Å². The summed E-state index contributed by atoms with van der Waals surface area (Å²) in [6.07, 6.45) is 4.03. The topological polar surface area (TPSA) is 38.1 Å². The van der Waals surface area contributed by atoms with Crippen molar-refractivity contribution >= 4 is 11.8 Å². The van der Waals surface area contributed by atoms with Gasteiger partial charge in [-0.15, -0.1) is 0 Å². The van der Waals surface area contributed by atoms with Crippen LogP contribution in [0.5, 0.6) is 0 Å². The van der Waals surface area contributed by atoms with E-state index < -0.39 is 0 Å². The molecule has 0 aromatic carbocycles.